The van der Waals surface area contributed by atoms with Crippen LogP contribution in [0.5, 0.6) is 5.75 Å². The Bertz CT molecular complexity index is 924. The molecule has 7 nitrogen and oxygen atoms in total. The fourth-order valence-electron chi connectivity index (χ4n) is 3.89. The van der Waals surface area contributed by atoms with Crippen molar-refractivity contribution in [1.82, 2.24) is 10.2 Å². The zero-order chi connectivity index (χ0) is 19.6. The van der Waals surface area contributed by atoms with Gasteiger partial charge in [-0.05, 0) is 38.8 Å². The van der Waals surface area contributed by atoms with Crippen molar-refractivity contribution in [2.45, 2.75) is 56.7 Å². The van der Waals surface area contributed by atoms with E-state index in [9.17, 15) is 14.6 Å². The molecule has 4 unspecified atom stereocenters. The molecule has 3 aliphatic heterocycles. The number of fused-ring (bicyclic) bond motifs is 1. The van der Waals surface area contributed by atoms with Crippen molar-refractivity contribution < 1.29 is 19.3 Å². The van der Waals surface area contributed by atoms with E-state index >= 15 is 0 Å². The van der Waals surface area contributed by atoms with Gasteiger partial charge in [-0.3, -0.25) is 9.89 Å². The number of rotatable bonds is 4. The molecular weight excluding hydrogens is 363 g/mol. The fraction of sp³-hybridized carbons (Fsp3) is 0.500. The molecule has 0 aromatic heterocycles. The molecule has 4 aliphatic rings. The van der Waals surface area contributed by atoms with Gasteiger partial charge in [-0.15, -0.1) is 0 Å². The molecule has 1 aromatic rings. The number of aliphatic hydroxyl groups excluding tert-OH is 2. The lowest BCUT2D eigenvalue weighted by Gasteiger charge is -2.31. The smallest absolute Gasteiger partial charge is 0.167 e. The van der Waals surface area contributed by atoms with Gasteiger partial charge >= 0.3 is 0 Å². The van der Waals surface area contributed by atoms with Crippen molar-refractivity contribution in [3.8, 4) is 5.75 Å². The van der Waals surface area contributed by atoms with Crippen LogP contribution in [0.15, 0.2) is 33.9 Å². The Hall–Kier alpha value is -2.29. The number of likely N-dealkylation sites (tertiary alicyclic amines) is 1. The van der Waals surface area contributed by atoms with Crippen molar-refractivity contribution in [3.63, 3.8) is 0 Å². The molecular formula is C20H23FN4O3. The predicted octanol–water partition coefficient (Wildman–Crippen LogP) is 1.46. The highest BCUT2D eigenvalue weighted by Gasteiger charge is 2.42. The van der Waals surface area contributed by atoms with Crippen LogP contribution in [0.3, 0.4) is 0 Å². The van der Waals surface area contributed by atoms with E-state index < -0.39 is 18.0 Å². The normalized spacial score (nSPS) is 32.8. The Morgan fingerprint density at radius 2 is 2.11 bits per heavy atom. The molecule has 28 heavy (non-hydrogen) atoms. The lowest BCUT2D eigenvalue weighted by Crippen LogP contribution is -2.42. The topological polar surface area (TPSA) is 89.7 Å². The molecule has 3 heterocycles. The minimum Gasteiger partial charge on any atom is -0.484 e. The van der Waals surface area contributed by atoms with Crippen molar-refractivity contribution in [2.24, 2.45) is 9.98 Å². The Morgan fingerprint density at radius 1 is 1.32 bits per heavy atom. The summed E-state index contributed by atoms with van der Waals surface area (Å²) >= 11 is 0. The van der Waals surface area contributed by atoms with Gasteiger partial charge in [-0.2, -0.15) is 0 Å². The summed E-state index contributed by atoms with van der Waals surface area (Å²) in [4.78, 5) is 10.8. The summed E-state index contributed by atoms with van der Waals surface area (Å²) in [6, 6.07) is 2.91. The van der Waals surface area contributed by atoms with Crippen LogP contribution in [0.25, 0.3) is 0 Å². The number of halogens is 1. The molecule has 3 N–H and O–H groups in total. The first-order valence-corrected chi connectivity index (χ1v) is 9.58. The number of hydrogen-bond acceptors (Lipinski definition) is 7. The molecule has 1 aromatic carbocycles. The van der Waals surface area contributed by atoms with E-state index in [1.807, 2.05) is 24.8 Å². The summed E-state index contributed by atoms with van der Waals surface area (Å²) in [5.41, 5.74) is 2.67. The van der Waals surface area contributed by atoms with Crippen molar-refractivity contribution in [1.29, 1.82) is 0 Å². The van der Waals surface area contributed by atoms with Crippen LogP contribution < -0.4 is 10.1 Å². The number of nitrogens with zero attached hydrogens (tertiary/aromatic N) is 3. The number of aliphatic hydroxyl groups is 2. The fourth-order valence-corrected chi connectivity index (χ4v) is 3.89. The lowest BCUT2D eigenvalue weighted by atomic mass is 9.97. The van der Waals surface area contributed by atoms with E-state index in [0.29, 0.717) is 12.2 Å². The molecule has 1 saturated heterocycles. The second-order valence-electron chi connectivity index (χ2n) is 8.22. The van der Waals surface area contributed by atoms with Crippen LogP contribution in [0.4, 0.5) is 10.1 Å². The highest BCUT2D eigenvalue weighted by atomic mass is 19.1. The number of hydrogen-bond donors (Lipinski definition) is 3. The van der Waals surface area contributed by atoms with Gasteiger partial charge in [0.25, 0.3) is 0 Å². The molecule has 0 radical (unpaired) electrons. The zero-order valence-corrected chi connectivity index (χ0v) is 15.8. The standard InChI is InChI=1S/C20H23FN4O3/c1-10-19(27)15(26)8-25(10)17-7-14(22-9-23-17)18-11-5-16(28-20(2)3-4-20)12(21)6-13(11)24-18/h5-7,9-10,15,17,19,26-27H,3-4,8H2,1-2H3,(H,22,23). The third-order valence-electron chi connectivity index (χ3n) is 6.02. The van der Waals surface area contributed by atoms with Gasteiger partial charge in [0.1, 0.15) is 11.8 Å². The quantitative estimate of drug-likeness (QED) is 0.729. The average molecular weight is 386 g/mol. The lowest BCUT2D eigenvalue weighted by molar-refractivity contribution is 0.0408. The molecule has 5 rings (SSSR count). The van der Waals surface area contributed by atoms with Crippen LogP contribution in [-0.4, -0.2) is 63.7 Å². The number of allylic oxidation sites excluding steroid dienone is 1. The molecule has 2 fully saturated rings. The summed E-state index contributed by atoms with van der Waals surface area (Å²) in [5, 5.41) is 23.1. The first kappa shape index (κ1) is 17.8. The van der Waals surface area contributed by atoms with Gasteiger partial charge in [0.2, 0.25) is 0 Å². The summed E-state index contributed by atoms with van der Waals surface area (Å²) in [6.45, 7) is 4.19. The van der Waals surface area contributed by atoms with Crippen LogP contribution >= 0.6 is 0 Å². The first-order valence-electron chi connectivity index (χ1n) is 9.58. The third kappa shape index (κ3) is 2.83. The number of ether oxygens (including phenoxy) is 1. The Morgan fingerprint density at radius 3 is 2.79 bits per heavy atom. The average Bonchev–Trinajstić information content (AvgIpc) is 3.34. The Labute approximate surface area is 162 Å². The first-order chi connectivity index (χ1) is 13.3. The summed E-state index contributed by atoms with van der Waals surface area (Å²) in [5.74, 6) is -0.138. The van der Waals surface area contributed by atoms with Crippen LogP contribution in [0.2, 0.25) is 0 Å². The number of aliphatic imine (C=N–C) groups is 2. The predicted molar refractivity (Wildman–Crippen MR) is 103 cm³/mol. The highest BCUT2D eigenvalue weighted by molar-refractivity contribution is 6.22. The minimum absolute atomic E-state index is 0.211. The second kappa shape index (κ2) is 6.10. The SMILES string of the molecule is CC1C(O)C(O)CN1C1C=C(C2=Nc3cc(F)c(OC4(C)CC4)cc32)NC=N1. The zero-order valence-electron chi connectivity index (χ0n) is 15.8. The van der Waals surface area contributed by atoms with Gasteiger partial charge in [0.15, 0.2) is 11.6 Å². The highest BCUT2D eigenvalue weighted by Crippen LogP contribution is 2.43. The molecule has 0 bridgehead atoms. The van der Waals surface area contributed by atoms with E-state index in [1.54, 1.807) is 12.4 Å². The third-order valence-corrected chi connectivity index (χ3v) is 6.02. The van der Waals surface area contributed by atoms with E-state index in [2.05, 4.69) is 15.3 Å². The van der Waals surface area contributed by atoms with Gasteiger partial charge in [0.05, 0.1) is 35.6 Å². The minimum atomic E-state index is -0.796. The van der Waals surface area contributed by atoms with E-state index in [0.717, 1.165) is 29.8 Å². The van der Waals surface area contributed by atoms with E-state index in [1.165, 1.54) is 6.07 Å². The van der Waals surface area contributed by atoms with Crippen molar-refractivity contribution >= 4 is 17.7 Å². The second-order valence-corrected chi connectivity index (χ2v) is 8.22. The Kier molecular flexibility index (Phi) is 3.88. The van der Waals surface area contributed by atoms with E-state index in [-0.39, 0.29) is 23.6 Å². The molecule has 0 amide bonds. The van der Waals surface area contributed by atoms with Gasteiger partial charge < -0.3 is 20.3 Å². The largest absolute Gasteiger partial charge is 0.484 e. The molecule has 1 aliphatic carbocycles. The van der Waals surface area contributed by atoms with Crippen LogP contribution in [0, 0.1) is 5.82 Å². The van der Waals surface area contributed by atoms with Gasteiger partial charge in [0, 0.05) is 24.2 Å². The maximum absolute atomic E-state index is 14.3. The summed E-state index contributed by atoms with van der Waals surface area (Å²) in [6.07, 6.45) is 3.47. The Balaban J connectivity index is 1.39. The van der Waals surface area contributed by atoms with Gasteiger partial charge in [-0.25, -0.2) is 9.38 Å². The molecule has 1 saturated carbocycles. The van der Waals surface area contributed by atoms with E-state index in [4.69, 9.17) is 4.74 Å². The summed E-state index contributed by atoms with van der Waals surface area (Å²) < 4.78 is 20.1. The maximum atomic E-state index is 14.3. The van der Waals surface area contributed by atoms with Crippen molar-refractivity contribution in [2.75, 3.05) is 6.54 Å². The number of nitrogens with one attached hydrogen (secondary N) is 1. The van der Waals surface area contributed by atoms with Gasteiger partial charge in [-0.1, -0.05) is 0 Å². The van der Waals surface area contributed by atoms with Crippen LogP contribution in [0.1, 0.15) is 32.3 Å². The molecule has 8 heteroatoms. The number of β-amino-alcohol motifs (C(OH)–C–C–N with tert-alkyl or cyclic N) is 1. The summed E-state index contributed by atoms with van der Waals surface area (Å²) in [7, 11) is 0. The molecule has 0 spiro atoms. The molecule has 148 valence electrons. The monoisotopic (exact) mass is 386 g/mol. The number of benzene rings is 1. The maximum Gasteiger partial charge on any atom is 0.167 e. The molecule has 4 atom stereocenters. The van der Waals surface area contributed by atoms with Crippen molar-refractivity contribution in [3.05, 3.63) is 35.3 Å². The van der Waals surface area contributed by atoms with Crippen LogP contribution in [-0.2, 0) is 0 Å².